The lowest BCUT2D eigenvalue weighted by Gasteiger charge is -2.25. The van der Waals surface area contributed by atoms with Gasteiger partial charge in [-0.2, -0.15) is 0 Å². The summed E-state index contributed by atoms with van der Waals surface area (Å²) >= 11 is 0. The fourth-order valence-electron chi connectivity index (χ4n) is 2.55. The summed E-state index contributed by atoms with van der Waals surface area (Å²) in [5, 5.41) is 25.7. The number of primary amides is 1. The maximum Gasteiger partial charge on any atom is 0.328 e. The molecule has 0 saturated carbocycles. The normalized spacial score (nSPS) is 15.2. The van der Waals surface area contributed by atoms with Gasteiger partial charge >= 0.3 is 5.97 Å². The number of carboxylic acid groups (broad SMARTS) is 1. The van der Waals surface area contributed by atoms with Gasteiger partial charge in [0.2, 0.25) is 23.6 Å². The highest BCUT2D eigenvalue weighted by Gasteiger charge is 2.31. The number of aliphatic carboxylic acids is 1. The fourth-order valence-corrected chi connectivity index (χ4v) is 2.55. The number of rotatable bonds is 15. The van der Waals surface area contributed by atoms with Crippen LogP contribution in [-0.4, -0.2) is 82.6 Å². The van der Waals surface area contributed by atoms with E-state index in [1.165, 1.54) is 13.8 Å². The summed E-state index contributed by atoms with van der Waals surface area (Å²) in [7, 11) is 0. The Morgan fingerprint density at radius 2 is 1.39 bits per heavy atom. The van der Waals surface area contributed by atoms with Gasteiger partial charge in [-0.1, -0.05) is 0 Å². The van der Waals surface area contributed by atoms with Gasteiger partial charge in [-0.05, 0) is 33.1 Å². The molecule has 33 heavy (non-hydrogen) atoms. The molecule has 0 aromatic carbocycles. The molecule has 0 fully saturated rings. The number of aliphatic imine (C=N–C) groups is 1. The number of aliphatic hydroxyl groups excluding tert-OH is 1. The Kier molecular flexibility index (Phi) is 13.0. The Labute approximate surface area is 190 Å². The first kappa shape index (κ1) is 29.5. The van der Waals surface area contributed by atoms with Gasteiger partial charge in [0.05, 0.1) is 12.1 Å². The molecule has 0 aliphatic carbocycles. The smallest absolute Gasteiger partial charge is 0.328 e. The summed E-state index contributed by atoms with van der Waals surface area (Å²) in [6, 6.07) is -5.08. The summed E-state index contributed by atoms with van der Waals surface area (Å²) in [5.74, 6) is -4.76. The molecule has 0 saturated heterocycles. The van der Waals surface area contributed by atoms with E-state index in [-0.39, 0.29) is 38.2 Å². The van der Waals surface area contributed by atoms with Gasteiger partial charge in [-0.25, -0.2) is 4.79 Å². The van der Waals surface area contributed by atoms with Crippen molar-refractivity contribution in [2.45, 2.75) is 69.8 Å². The number of carboxylic acids is 1. The molecule has 5 unspecified atom stereocenters. The second kappa shape index (κ2) is 14.6. The van der Waals surface area contributed by atoms with E-state index in [0.29, 0.717) is 0 Å². The number of hydrogen-bond donors (Lipinski definition) is 9. The first-order valence-corrected chi connectivity index (χ1v) is 10.2. The Bertz CT molecular complexity index is 737. The minimum absolute atomic E-state index is 0.00964. The third kappa shape index (κ3) is 12.2. The highest BCUT2D eigenvalue weighted by molar-refractivity contribution is 5.94. The quantitative estimate of drug-likeness (QED) is 0.0623. The second-order valence-corrected chi connectivity index (χ2v) is 7.43. The van der Waals surface area contributed by atoms with Gasteiger partial charge in [0, 0.05) is 13.0 Å². The van der Waals surface area contributed by atoms with Crippen molar-refractivity contribution in [2.24, 2.45) is 27.9 Å². The summed E-state index contributed by atoms with van der Waals surface area (Å²) in [5.41, 5.74) is 21.1. The summed E-state index contributed by atoms with van der Waals surface area (Å²) in [6.07, 6.45) is -1.60. The van der Waals surface area contributed by atoms with Gasteiger partial charge in [-0.15, -0.1) is 0 Å². The highest BCUT2D eigenvalue weighted by Crippen LogP contribution is 2.05. The second-order valence-electron chi connectivity index (χ2n) is 7.43. The van der Waals surface area contributed by atoms with Crippen LogP contribution in [0.4, 0.5) is 0 Å². The van der Waals surface area contributed by atoms with Gasteiger partial charge in [0.15, 0.2) is 12.0 Å². The molecule has 0 aromatic heterocycles. The van der Waals surface area contributed by atoms with Crippen molar-refractivity contribution in [3.05, 3.63) is 0 Å². The van der Waals surface area contributed by atoms with E-state index >= 15 is 0 Å². The molecule has 13 N–H and O–H groups in total. The first-order chi connectivity index (χ1) is 15.3. The Morgan fingerprint density at radius 3 is 1.85 bits per heavy atom. The van der Waals surface area contributed by atoms with E-state index in [1.54, 1.807) is 0 Å². The number of carbonyl (C=O) groups is 5. The average Bonchev–Trinajstić information content (AvgIpc) is 2.69. The number of aliphatic hydroxyl groups is 1. The predicted octanol–water partition coefficient (Wildman–Crippen LogP) is -4.43. The number of hydrogen-bond acceptors (Lipinski definition) is 8. The van der Waals surface area contributed by atoms with E-state index in [4.69, 9.17) is 22.9 Å². The Balaban J connectivity index is 5.57. The fraction of sp³-hybridized carbons (Fsp3) is 0.667. The van der Waals surface area contributed by atoms with Gasteiger partial charge in [0.25, 0.3) is 0 Å². The minimum atomic E-state index is -1.63. The van der Waals surface area contributed by atoms with E-state index in [2.05, 4.69) is 20.9 Å². The van der Waals surface area contributed by atoms with Crippen LogP contribution in [0.15, 0.2) is 4.99 Å². The monoisotopic (exact) mass is 474 g/mol. The van der Waals surface area contributed by atoms with Crippen LogP contribution in [0.2, 0.25) is 0 Å². The molecule has 0 radical (unpaired) electrons. The summed E-state index contributed by atoms with van der Waals surface area (Å²) in [6.45, 7) is 2.68. The van der Waals surface area contributed by atoms with Crippen molar-refractivity contribution in [1.82, 2.24) is 16.0 Å². The Morgan fingerprint density at radius 1 is 0.879 bits per heavy atom. The maximum atomic E-state index is 12.8. The highest BCUT2D eigenvalue weighted by atomic mass is 16.4. The van der Waals surface area contributed by atoms with Crippen molar-refractivity contribution in [1.29, 1.82) is 0 Å². The van der Waals surface area contributed by atoms with E-state index in [0.717, 1.165) is 0 Å². The maximum absolute atomic E-state index is 12.8. The number of amides is 4. The molecule has 0 aromatic rings. The van der Waals surface area contributed by atoms with Crippen LogP contribution in [0.3, 0.4) is 0 Å². The number of carbonyl (C=O) groups excluding carboxylic acids is 4. The van der Waals surface area contributed by atoms with Crippen molar-refractivity contribution >= 4 is 35.6 Å². The molecule has 0 aliphatic rings. The molecule has 0 bridgehead atoms. The predicted molar refractivity (Wildman–Crippen MR) is 117 cm³/mol. The molecule has 188 valence electrons. The first-order valence-electron chi connectivity index (χ1n) is 10.2. The van der Waals surface area contributed by atoms with Crippen LogP contribution in [0.5, 0.6) is 0 Å². The van der Waals surface area contributed by atoms with E-state index in [1.807, 2.05) is 0 Å². The molecule has 5 atom stereocenters. The molecule has 15 heteroatoms. The zero-order chi connectivity index (χ0) is 25.7. The lowest BCUT2D eigenvalue weighted by atomic mass is 10.1. The Hall–Kier alpha value is -3.46. The lowest BCUT2D eigenvalue weighted by Crippen LogP contribution is -2.58. The van der Waals surface area contributed by atoms with Crippen LogP contribution in [0.1, 0.15) is 39.5 Å². The van der Waals surface area contributed by atoms with Gasteiger partial charge in [-0.3, -0.25) is 24.2 Å². The van der Waals surface area contributed by atoms with E-state index in [9.17, 15) is 34.2 Å². The number of nitrogens with two attached hydrogens (primary N) is 4. The van der Waals surface area contributed by atoms with Gasteiger partial charge in [0.1, 0.15) is 12.1 Å². The van der Waals surface area contributed by atoms with Crippen molar-refractivity contribution in [3.63, 3.8) is 0 Å². The summed E-state index contributed by atoms with van der Waals surface area (Å²) < 4.78 is 0. The standard InChI is InChI=1S/C18H34N8O7/c1-8(19)14(29)24-11(5-6-12(20)28)15(30)25-10(4-3-7-23-18(21)22)16(31)26-13(9(2)27)17(32)33/h8-11,13,27H,3-7,19H2,1-2H3,(H2,20,28)(H,24,29)(H,25,30)(H,26,31)(H,32,33)(H4,21,22,23). The molecule has 4 amide bonds. The molecule has 15 nitrogen and oxygen atoms in total. The van der Waals surface area contributed by atoms with Crippen LogP contribution < -0.4 is 38.9 Å². The SMILES string of the molecule is CC(N)C(=O)NC(CCC(N)=O)C(=O)NC(CCCN=C(N)N)C(=O)NC(C(=O)O)C(C)O. The van der Waals surface area contributed by atoms with Gasteiger partial charge < -0.3 is 49.1 Å². The van der Waals surface area contributed by atoms with Crippen molar-refractivity contribution in [2.75, 3.05) is 6.54 Å². The zero-order valence-electron chi connectivity index (χ0n) is 18.6. The molecule has 0 aliphatic heterocycles. The third-order valence-corrected chi connectivity index (χ3v) is 4.35. The molecule has 0 spiro atoms. The van der Waals surface area contributed by atoms with Crippen LogP contribution in [-0.2, 0) is 24.0 Å². The number of nitrogens with one attached hydrogen (secondary N) is 3. The lowest BCUT2D eigenvalue weighted by molar-refractivity contribution is -0.145. The van der Waals surface area contributed by atoms with Crippen LogP contribution >= 0.6 is 0 Å². The average molecular weight is 475 g/mol. The van der Waals surface area contributed by atoms with E-state index < -0.39 is 59.9 Å². The van der Waals surface area contributed by atoms with Crippen molar-refractivity contribution in [3.8, 4) is 0 Å². The zero-order valence-corrected chi connectivity index (χ0v) is 18.6. The molecular formula is C18H34N8O7. The molecule has 0 rings (SSSR count). The molecule has 0 heterocycles. The van der Waals surface area contributed by atoms with Crippen LogP contribution in [0, 0.1) is 0 Å². The number of guanidine groups is 1. The number of nitrogens with zero attached hydrogens (tertiary/aromatic N) is 1. The van der Waals surface area contributed by atoms with Crippen molar-refractivity contribution < 1.29 is 34.2 Å². The molecular weight excluding hydrogens is 440 g/mol. The summed E-state index contributed by atoms with van der Waals surface area (Å²) in [4.78, 5) is 63.6. The minimum Gasteiger partial charge on any atom is -0.480 e. The topological polar surface area (TPSA) is 278 Å². The van der Waals surface area contributed by atoms with Crippen LogP contribution in [0.25, 0.3) is 0 Å². The largest absolute Gasteiger partial charge is 0.480 e. The third-order valence-electron chi connectivity index (χ3n) is 4.35.